The highest BCUT2D eigenvalue weighted by atomic mass is 35.5. The fourth-order valence-electron chi connectivity index (χ4n) is 3.02. The van der Waals surface area contributed by atoms with Gasteiger partial charge in [0.05, 0.1) is 23.1 Å². The number of amides is 1. The topological polar surface area (TPSA) is 90.3 Å². The summed E-state index contributed by atoms with van der Waals surface area (Å²) in [7, 11) is -3.97. The molecule has 0 heterocycles. The molecule has 6 nitrogen and oxygen atoms in total. The normalized spacial score (nSPS) is 11.2. The van der Waals surface area contributed by atoms with E-state index in [-0.39, 0.29) is 11.4 Å². The van der Waals surface area contributed by atoms with Crippen LogP contribution in [-0.2, 0) is 21.4 Å². The van der Waals surface area contributed by atoms with Crippen LogP contribution in [0.25, 0.3) is 0 Å². The number of carbonyl (C=O) groups excluding carboxylic acids is 1. The lowest BCUT2D eigenvalue weighted by Crippen LogP contribution is -2.37. The first-order valence-electron chi connectivity index (χ1n) is 9.39. The maximum absolute atomic E-state index is 13.3. The van der Waals surface area contributed by atoms with E-state index in [1.54, 1.807) is 18.2 Å². The summed E-state index contributed by atoms with van der Waals surface area (Å²) in [5.74, 6) is -0.514. The van der Waals surface area contributed by atoms with Gasteiger partial charge in [0, 0.05) is 17.3 Å². The Hall–Kier alpha value is -3.18. The number of nitriles is 1. The molecule has 8 heteroatoms. The fourth-order valence-corrected chi connectivity index (χ4v) is 4.53. The third-order valence-corrected chi connectivity index (χ3v) is 6.55. The second-order valence-electron chi connectivity index (χ2n) is 6.96. The Morgan fingerprint density at radius 2 is 1.77 bits per heavy atom. The molecule has 0 aliphatic rings. The lowest BCUT2D eigenvalue weighted by Gasteiger charge is -2.22. The lowest BCUT2D eigenvalue weighted by atomic mass is 10.1. The molecule has 0 fully saturated rings. The van der Waals surface area contributed by atoms with Gasteiger partial charge in [-0.2, -0.15) is 9.57 Å². The van der Waals surface area contributed by atoms with Gasteiger partial charge in [-0.05, 0) is 55.0 Å². The molecular weight excluding hydrogens is 434 g/mol. The summed E-state index contributed by atoms with van der Waals surface area (Å²) in [5, 5.41) is 12.1. The van der Waals surface area contributed by atoms with Crippen LogP contribution in [0.1, 0.15) is 16.7 Å². The van der Waals surface area contributed by atoms with Gasteiger partial charge in [0.25, 0.3) is 0 Å². The summed E-state index contributed by atoms with van der Waals surface area (Å²) >= 11 is 5.89. The second-order valence-corrected chi connectivity index (χ2v) is 9.33. The van der Waals surface area contributed by atoms with E-state index in [1.807, 2.05) is 37.3 Å². The Kier molecular flexibility index (Phi) is 7.08. The molecule has 31 heavy (non-hydrogen) atoms. The van der Waals surface area contributed by atoms with Crippen LogP contribution in [0.5, 0.6) is 0 Å². The first kappa shape index (κ1) is 22.5. The van der Waals surface area contributed by atoms with Gasteiger partial charge in [-0.25, -0.2) is 8.42 Å². The van der Waals surface area contributed by atoms with E-state index in [0.717, 1.165) is 15.4 Å². The molecule has 0 radical (unpaired) electrons. The zero-order valence-corrected chi connectivity index (χ0v) is 18.3. The second kappa shape index (κ2) is 9.75. The largest absolute Gasteiger partial charge is 0.325 e. The minimum absolute atomic E-state index is 0.0261. The van der Waals surface area contributed by atoms with Crippen molar-refractivity contribution >= 4 is 33.2 Å². The van der Waals surface area contributed by atoms with Crippen molar-refractivity contribution in [2.45, 2.75) is 18.4 Å². The van der Waals surface area contributed by atoms with Crippen molar-refractivity contribution in [2.24, 2.45) is 0 Å². The molecular formula is C23H20ClN3O3S. The van der Waals surface area contributed by atoms with Crippen molar-refractivity contribution in [1.82, 2.24) is 4.31 Å². The van der Waals surface area contributed by atoms with E-state index in [2.05, 4.69) is 5.32 Å². The highest BCUT2D eigenvalue weighted by molar-refractivity contribution is 7.89. The molecule has 1 amide bonds. The SMILES string of the molecule is Cc1cccc(CN(CC(=O)Nc2cccc(C#N)c2)S(=O)(=O)c2ccc(Cl)cc2)c1. The third kappa shape index (κ3) is 5.92. The van der Waals surface area contributed by atoms with Crippen molar-refractivity contribution < 1.29 is 13.2 Å². The van der Waals surface area contributed by atoms with E-state index in [9.17, 15) is 13.2 Å². The third-order valence-electron chi connectivity index (χ3n) is 4.49. The molecule has 1 N–H and O–H groups in total. The maximum atomic E-state index is 13.3. The molecule has 158 valence electrons. The van der Waals surface area contributed by atoms with Crippen molar-refractivity contribution in [2.75, 3.05) is 11.9 Å². The zero-order valence-electron chi connectivity index (χ0n) is 16.7. The van der Waals surface area contributed by atoms with E-state index in [1.165, 1.54) is 30.3 Å². The quantitative estimate of drug-likeness (QED) is 0.575. The standard InChI is InChI=1S/C23H20ClN3O3S/c1-17-4-2-6-19(12-17)15-27(31(29,30)22-10-8-20(24)9-11-22)16-23(28)26-21-7-3-5-18(13-21)14-25/h2-13H,15-16H2,1H3,(H,26,28). The number of hydrogen-bond acceptors (Lipinski definition) is 4. The van der Waals surface area contributed by atoms with Crippen LogP contribution in [0.3, 0.4) is 0 Å². The minimum atomic E-state index is -3.97. The monoisotopic (exact) mass is 453 g/mol. The number of rotatable bonds is 7. The molecule has 0 spiro atoms. The van der Waals surface area contributed by atoms with Gasteiger partial charge in [-0.15, -0.1) is 0 Å². The van der Waals surface area contributed by atoms with Crippen molar-refractivity contribution in [3.05, 3.63) is 94.5 Å². The average Bonchev–Trinajstić information content (AvgIpc) is 2.73. The van der Waals surface area contributed by atoms with Crippen LogP contribution in [0, 0.1) is 18.3 Å². The minimum Gasteiger partial charge on any atom is -0.325 e. The fraction of sp³-hybridized carbons (Fsp3) is 0.130. The predicted octanol–water partition coefficient (Wildman–Crippen LogP) is 4.35. The zero-order chi connectivity index (χ0) is 22.4. The Bertz CT molecular complexity index is 1240. The number of sulfonamides is 1. The number of anilines is 1. The van der Waals surface area contributed by atoms with Crippen molar-refractivity contribution in [3.63, 3.8) is 0 Å². The van der Waals surface area contributed by atoms with Gasteiger partial charge >= 0.3 is 0 Å². The average molecular weight is 454 g/mol. The summed E-state index contributed by atoms with van der Waals surface area (Å²) in [5.41, 5.74) is 2.56. The summed E-state index contributed by atoms with van der Waals surface area (Å²) in [6.45, 7) is 1.55. The van der Waals surface area contributed by atoms with Gasteiger partial charge in [0.15, 0.2) is 0 Å². The molecule has 0 unspecified atom stereocenters. The van der Waals surface area contributed by atoms with Crippen LogP contribution < -0.4 is 5.32 Å². The number of nitrogens with zero attached hydrogens (tertiary/aromatic N) is 2. The van der Waals surface area contributed by atoms with Gasteiger partial charge in [-0.3, -0.25) is 4.79 Å². The van der Waals surface area contributed by atoms with Crippen molar-refractivity contribution in [1.29, 1.82) is 5.26 Å². The first-order chi connectivity index (χ1) is 14.8. The van der Waals surface area contributed by atoms with Crippen molar-refractivity contribution in [3.8, 4) is 6.07 Å². The van der Waals surface area contributed by atoms with Crippen LogP contribution in [0.2, 0.25) is 5.02 Å². The van der Waals surface area contributed by atoms with E-state index < -0.39 is 22.5 Å². The molecule has 0 aliphatic heterocycles. The van der Waals surface area contributed by atoms with Crippen LogP contribution in [0.4, 0.5) is 5.69 Å². The van der Waals surface area contributed by atoms with Crippen LogP contribution in [0.15, 0.2) is 77.7 Å². The lowest BCUT2D eigenvalue weighted by molar-refractivity contribution is -0.116. The first-order valence-corrected chi connectivity index (χ1v) is 11.2. The Morgan fingerprint density at radius 3 is 2.45 bits per heavy atom. The maximum Gasteiger partial charge on any atom is 0.243 e. The number of nitrogens with one attached hydrogen (secondary N) is 1. The molecule has 0 aromatic heterocycles. The molecule has 0 aliphatic carbocycles. The highest BCUT2D eigenvalue weighted by Gasteiger charge is 2.27. The molecule has 3 rings (SSSR count). The number of carbonyl (C=O) groups is 1. The highest BCUT2D eigenvalue weighted by Crippen LogP contribution is 2.21. The van der Waals surface area contributed by atoms with Gasteiger partial charge in [-0.1, -0.05) is 47.5 Å². The van der Waals surface area contributed by atoms with Gasteiger partial charge in [0.1, 0.15) is 0 Å². The van der Waals surface area contributed by atoms with Crippen LogP contribution >= 0.6 is 11.6 Å². The molecule has 0 atom stereocenters. The van der Waals surface area contributed by atoms with Gasteiger partial charge < -0.3 is 5.32 Å². The Morgan fingerprint density at radius 1 is 1.06 bits per heavy atom. The Balaban J connectivity index is 1.88. The summed E-state index contributed by atoms with van der Waals surface area (Å²) in [4.78, 5) is 12.7. The Labute approximate surface area is 186 Å². The number of hydrogen-bond donors (Lipinski definition) is 1. The molecule has 3 aromatic carbocycles. The van der Waals surface area contributed by atoms with E-state index >= 15 is 0 Å². The molecule has 3 aromatic rings. The smallest absolute Gasteiger partial charge is 0.243 e. The van der Waals surface area contributed by atoms with E-state index in [4.69, 9.17) is 16.9 Å². The molecule has 0 saturated heterocycles. The number of aryl methyl sites for hydroxylation is 1. The van der Waals surface area contributed by atoms with Gasteiger partial charge in [0.2, 0.25) is 15.9 Å². The molecule has 0 bridgehead atoms. The summed E-state index contributed by atoms with van der Waals surface area (Å²) in [6.07, 6.45) is 0. The number of halogens is 1. The summed E-state index contributed by atoms with van der Waals surface area (Å²) < 4.78 is 27.7. The predicted molar refractivity (Wildman–Crippen MR) is 120 cm³/mol. The molecule has 0 saturated carbocycles. The van der Waals surface area contributed by atoms with E-state index in [0.29, 0.717) is 16.3 Å². The summed E-state index contributed by atoms with van der Waals surface area (Å²) in [6, 6.07) is 21.7. The number of benzene rings is 3. The van der Waals surface area contributed by atoms with Crippen LogP contribution in [-0.4, -0.2) is 25.2 Å².